The molecule has 0 saturated carbocycles. The first-order chi connectivity index (χ1) is 27.2. The van der Waals surface area contributed by atoms with Gasteiger partial charge >= 0.3 is 0 Å². The minimum absolute atomic E-state index is 0.156. The third-order valence-electron chi connectivity index (χ3n) is 9.68. The number of aromatic nitrogens is 1. The van der Waals surface area contributed by atoms with Crippen molar-refractivity contribution in [2.75, 3.05) is 51.6 Å². The molecule has 0 aliphatic carbocycles. The zero-order valence-corrected chi connectivity index (χ0v) is 30.9. The maximum Gasteiger partial charge on any atom is 0.250 e. The number of carbonyl (C=O) groups excluding carboxylic acids is 3. The third kappa shape index (κ3) is 9.03. The predicted octanol–water partition coefficient (Wildman–Crippen LogP) is 6.41. The molecule has 7 rings (SSSR count). The van der Waals surface area contributed by atoms with Gasteiger partial charge in [0.25, 0.3) is 0 Å². The molecule has 2 aromatic heterocycles. The Morgan fingerprint density at radius 1 is 0.839 bits per heavy atom. The molecular formula is C43H43N3O10. The summed E-state index contributed by atoms with van der Waals surface area (Å²) in [6.45, 7) is 4.53. The zero-order valence-electron chi connectivity index (χ0n) is 30.9. The minimum Gasteiger partial charge on any atom is -0.508 e. The van der Waals surface area contributed by atoms with Crippen molar-refractivity contribution in [3.63, 3.8) is 0 Å². The van der Waals surface area contributed by atoms with Crippen LogP contribution in [-0.2, 0) is 35.1 Å². The highest BCUT2D eigenvalue weighted by atomic mass is 16.6. The highest BCUT2D eigenvalue weighted by Crippen LogP contribution is 2.37. The first-order valence-electron chi connectivity index (χ1n) is 18.4. The van der Waals surface area contributed by atoms with Crippen LogP contribution in [0, 0.1) is 6.92 Å². The maximum absolute atomic E-state index is 12.5. The molecular weight excluding hydrogens is 718 g/mol. The van der Waals surface area contributed by atoms with E-state index in [1.807, 2.05) is 49.4 Å². The number of piperidine rings is 1. The molecule has 3 amide bonds. The highest BCUT2D eigenvalue weighted by Gasteiger charge is 2.30. The number of furan rings is 1. The van der Waals surface area contributed by atoms with Gasteiger partial charge in [0.05, 0.1) is 50.9 Å². The number of ether oxygens (including phenoxy) is 4. The van der Waals surface area contributed by atoms with Crippen molar-refractivity contribution in [2.24, 2.45) is 0 Å². The van der Waals surface area contributed by atoms with E-state index < -0.39 is 5.92 Å². The second kappa shape index (κ2) is 17.5. The molecule has 0 bridgehead atoms. The number of hydrogen-bond donors (Lipinski definition) is 4. The molecule has 1 saturated heterocycles. The summed E-state index contributed by atoms with van der Waals surface area (Å²) >= 11 is 0. The Kier molecular flexibility index (Phi) is 11.9. The van der Waals surface area contributed by atoms with Crippen LogP contribution in [0.4, 0.5) is 5.69 Å². The Labute approximate surface area is 322 Å². The molecule has 3 heterocycles. The number of rotatable bonds is 17. The van der Waals surface area contributed by atoms with E-state index in [1.54, 1.807) is 42.5 Å². The van der Waals surface area contributed by atoms with Crippen molar-refractivity contribution in [1.29, 1.82) is 0 Å². The smallest absolute Gasteiger partial charge is 0.250 e. The van der Waals surface area contributed by atoms with E-state index >= 15 is 0 Å². The molecule has 0 spiro atoms. The minimum atomic E-state index is -0.493. The number of aromatic hydroxyl groups is 2. The summed E-state index contributed by atoms with van der Waals surface area (Å²) in [6.07, 6.45) is 2.19. The van der Waals surface area contributed by atoms with E-state index in [2.05, 4.69) is 15.2 Å². The van der Waals surface area contributed by atoms with E-state index in [9.17, 15) is 24.6 Å². The Morgan fingerprint density at radius 3 is 2.30 bits per heavy atom. The van der Waals surface area contributed by atoms with Crippen molar-refractivity contribution in [2.45, 2.75) is 32.2 Å². The van der Waals surface area contributed by atoms with Crippen LogP contribution in [0.3, 0.4) is 0 Å². The Bertz CT molecular complexity index is 2330. The standard InChI is InChI=1S/C43H43N3O10/c1-27-35-23-32(48)9-13-38(35)46(42(27)29-4-7-31(47)8-5-29)24-28-2-10-33(11-3-28)55-21-20-53-17-16-52-18-19-54-26-41(50)44-30-6-14-39-36(22-30)37(25-56-39)34-12-15-40(49)45-43(34)51/h2-11,13-14,22-23,25,34,47-48H,12,15-21,24,26H2,1H3,(H,44,50)(H,45,49,51). The lowest BCUT2D eigenvalue weighted by molar-refractivity contribution is -0.134. The van der Waals surface area contributed by atoms with Crippen LogP contribution >= 0.6 is 0 Å². The first kappa shape index (κ1) is 38.1. The number of aryl methyl sites for hydroxylation is 1. The second-order valence-electron chi connectivity index (χ2n) is 13.5. The second-order valence-corrected chi connectivity index (χ2v) is 13.5. The molecule has 56 heavy (non-hydrogen) atoms. The molecule has 13 heteroatoms. The number of hydrogen-bond acceptors (Lipinski definition) is 10. The number of benzene rings is 4. The quantitative estimate of drug-likeness (QED) is 0.0602. The fraction of sp³-hybridized carbons (Fsp3) is 0.279. The Morgan fingerprint density at radius 2 is 1.55 bits per heavy atom. The van der Waals surface area contributed by atoms with E-state index in [0.717, 1.165) is 39.0 Å². The van der Waals surface area contributed by atoms with Gasteiger partial charge in [-0.25, -0.2) is 0 Å². The molecule has 1 atom stereocenters. The molecule has 4 aromatic carbocycles. The summed E-state index contributed by atoms with van der Waals surface area (Å²) in [7, 11) is 0. The number of phenols is 2. The van der Waals surface area contributed by atoms with Gasteiger partial charge < -0.3 is 43.5 Å². The fourth-order valence-corrected chi connectivity index (χ4v) is 6.95. The van der Waals surface area contributed by atoms with E-state index in [1.165, 1.54) is 6.26 Å². The van der Waals surface area contributed by atoms with Gasteiger partial charge in [-0.2, -0.15) is 0 Å². The van der Waals surface area contributed by atoms with Crippen LogP contribution in [0.25, 0.3) is 33.1 Å². The zero-order chi connectivity index (χ0) is 39.0. The van der Waals surface area contributed by atoms with Crippen LogP contribution in [-0.4, -0.2) is 78.7 Å². The Hall–Kier alpha value is -6.15. The van der Waals surface area contributed by atoms with Crippen LogP contribution in [0.2, 0.25) is 0 Å². The van der Waals surface area contributed by atoms with E-state index in [-0.39, 0.29) is 48.9 Å². The van der Waals surface area contributed by atoms with E-state index in [4.69, 9.17) is 23.4 Å². The number of amides is 3. The number of phenolic OH excluding ortho intramolecular Hbond substituents is 2. The van der Waals surface area contributed by atoms with Gasteiger partial charge in [0.1, 0.15) is 36.0 Å². The average Bonchev–Trinajstić information content (AvgIpc) is 3.72. The number of fused-ring (bicyclic) bond motifs is 2. The number of anilines is 1. The molecule has 1 aliphatic heterocycles. The van der Waals surface area contributed by atoms with Gasteiger partial charge in [0, 0.05) is 40.5 Å². The topological polar surface area (TPSA) is 171 Å². The highest BCUT2D eigenvalue weighted by molar-refractivity contribution is 6.03. The van der Waals surface area contributed by atoms with Gasteiger partial charge in [-0.15, -0.1) is 0 Å². The van der Waals surface area contributed by atoms with Crippen molar-refractivity contribution in [3.8, 4) is 28.5 Å². The van der Waals surface area contributed by atoms with Gasteiger partial charge in [0.15, 0.2) is 0 Å². The molecule has 1 unspecified atom stereocenters. The van der Waals surface area contributed by atoms with Crippen LogP contribution in [0.1, 0.15) is 35.4 Å². The maximum atomic E-state index is 12.5. The molecule has 1 aliphatic rings. The van der Waals surface area contributed by atoms with Crippen LogP contribution in [0.15, 0.2) is 95.6 Å². The summed E-state index contributed by atoms with van der Waals surface area (Å²) in [6, 6.07) is 25.6. The van der Waals surface area contributed by atoms with Gasteiger partial charge in [-0.1, -0.05) is 12.1 Å². The Balaban J connectivity index is 0.779. The van der Waals surface area contributed by atoms with E-state index in [0.29, 0.717) is 68.2 Å². The lowest BCUT2D eigenvalue weighted by atomic mass is 9.90. The monoisotopic (exact) mass is 761 g/mol. The first-order valence-corrected chi connectivity index (χ1v) is 18.4. The van der Waals surface area contributed by atoms with Crippen molar-refractivity contribution in [1.82, 2.24) is 9.88 Å². The normalized spacial score (nSPS) is 14.3. The molecule has 4 N–H and O–H groups in total. The van der Waals surface area contributed by atoms with Crippen molar-refractivity contribution < 1.29 is 48.0 Å². The van der Waals surface area contributed by atoms with Crippen LogP contribution in [0.5, 0.6) is 17.2 Å². The number of nitrogens with one attached hydrogen (secondary N) is 2. The van der Waals surface area contributed by atoms with Gasteiger partial charge in [0.2, 0.25) is 17.7 Å². The number of nitrogens with zero attached hydrogens (tertiary/aromatic N) is 1. The summed E-state index contributed by atoms with van der Waals surface area (Å²) in [5.41, 5.74) is 6.93. The summed E-state index contributed by atoms with van der Waals surface area (Å²) in [5.74, 6) is -0.316. The van der Waals surface area contributed by atoms with Crippen molar-refractivity contribution >= 4 is 45.3 Å². The predicted molar refractivity (Wildman–Crippen MR) is 209 cm³/mol. The lowest BCUT2D eigenvalue weighted by Crippen LogP contribution is -2.39. The summed E-state index contributed by atoms with van der Waals surface area (Å²) in [5, 5.41) is 26.8. The number of carbonyl (C=O) groups is 3. The average molecular weight is 762 g/mol. The molecule has 13 nitrogen and oxygen atoms in total. The molecule has 6 aromatic rings. The lowest BCUT2D eigenvalue weighted by Gasteiger charge is -2.19. The van der Waals surface area contributed by atoms with Gasteiger partial charge in [-0.05, 0) is 103 Å². The molecule has 0 radical (unpaired) electrons. The number of imide groups is 1. The van der Waals surface area contributed by atoms with Gasteiger partial charge in [-0.3, -0.25) is 19.7 Å². The summed E-state index contributed by atoms with van der Waals surface area (Å²) < 4.78 is 30.3. The fourth-order valence-electron chi connectivity index (χ4n) is 6.95. The summed E-state index contributed by atoms with van der Waals surface area (Å²) in [4.78, 5) is 36.4. The molecule has 290 valence electrons. The largest absolute Gasteiger partial charge is 0.508 e. The van der Waals surface area contributed by atoms with Crippen molar-refractivity contribution in [3.05, 3.63) is 108 Å². The SMILES string of the molecule is Cc1c(-c2ccc(O)cc2)n(Cc2ccc(OCCOCCOCCOCC(=O)Nc3ccc4occ(C5CCC(=O)NC5=O)c4c3)cc2)c2ccc(O)cc12. The van der Waals surface area contributed by atoms with Crippen LogP contribution < -0.4 is 15.4 Å². The molecule has 1 fully saturated rings. The third-order valence-corrected chi connectivity index (χ3v) is 9.68.